The van der Waals surface area contributed by atoms with E-state index in [4.69, 9.17) is 20.6 Å². The zero-order chi connectivity index (χ0) is 20.5. The van der Waals surface area contributed by atoms with Gasteiger partial charge in [-0.2, -0.15) is 0 Å². The molecule has 0 aliphatic heterocycles. The standard InChI is InChI=1S/C21H19NO6/c1-4-13-28-19-14(9-11-17(26-2)20(19)27-3)10-12-18(23)22-16-8-6-5-7-15(16)21(24)25/h1,5-12H,13H2,2-3H3,(H,22,23)(H,24,25). The second kappa shape index (κ2) is 9.69. The van der Waals surface area contributed by atoms with E-state index in [-0.39, 0.29) is 17.9 Å². The molecule has 7 nitrogen and oxygen atoms in total. The minimum atomic E-state index is -1.13. The summed E-state index contributed by atoms with van der Waals surface area (Å²) in [6.45, 7) is 0.00253. The third-order valence-corrected chi connectivity index (χ3v) is 3.66. The van der Waals surface area contributed by atoms with E-state index in [2.05, 4.69) is 11.2 Å². The lowest BCUT2D eigenvalue weighted by Gasteiger charge is -2.15. The number of hydrogen-bond acceptors (Lipinski definition) is 5. The number of carbonyl (C=O) groups excluding carboxylic acids is 1. The largest absolute Gasteiger partial charge is 0.493 e. The molecule has 0 spiro atoms. The molecule has 0 bridgehead atoms. The van der Waals surface area contributed by atoms with Crippen LogP contribution in [-0.4, -0.2) is 37.8 Å². The molecule has 2 aromatic carbocycles. The fourth-order valence-corrected chi connectivity index (χ4v) is 2.43. The second-order valence-electron chi connectivity index (χ2n) is 5.39. The van der Waals surface area contributed by atoms with Crippen molar-refractivity contribution in [2.24, 2.45) is 0 Å². The number of benzene rings is 2. The number of carbonyl (C=O) groups is 2. The zero-order valence-electron chi connectivity index (χ0n) is 15.4. The van der Waals surface area contributed by atoms with Gasteiger partial charge in [-0.25, -0.2) is 4.79 Å². The average molecular weight is 381 g/mol. The Kier molecular flexibility index (Phi) is 7.06. The molecular weight excluding hydrogens is 362 g/mol. The maximum atomic E-state index is 12.2. The van der Waals surface area contributed by atoms with E-state index >= 15 is 0 Å². The molecule has 0 atom stereocenters. The molecule has 2 N–H and O–H groups in total. The molecule has 0 aromatic heterocycles. The highest BCUT2D eigenvalue weighted by Crippen LogP contribution is 2.40. The lowest BCUT2D eigenvalue weighted by Crippen LogP contribution is -2.11. The Morgan fingerprint density at radius 2 is 1.89 bits per heavy atom. The van der Waals surface area contributed by atoms with E-state index in [1.54, 1.807) is 24.3 Å². The molecule has 0 saturated heterocycles. The predicted octanol–water partition coefficient (Wildman–Crippen LogP) is 3.07. The summed E-state index contributed by atoms with van der Waals surface area (Å²) in [5, 5.41) is 11.7. The first-order valence-electron chi connectivity index (χ1n) is 8.14. The number of hydrogen-bond donors (Lipinski definition) is 2. The monoisotopic (exact) mass is 381 g/mol. The number of carboxylic acid groups (broad SMARTS) is 1. The number of terminal acetylenes is 1. The van der Waals surface area contributed by atoms with Crippen molar-refractivity contribution < 1.29 is 28.9 Å². The van der Waals surface area contributed by atoms with Gasteiger partial charge in [0.2, 0.25) is 11.7 Å². The van der Waals surface area contributed by atoms with Crippen LogP contribution >= 0.6 is 0 Å². The molecule has 2 aromatic rings. The number of amides is 1. The van der Waals surface area contributed by atoms with Crippen molar-refractivity contribution in [2.45, 2.75) is 0 Å². The van der Waals surface area contributed by atoms with Gasteiger partial charge < -0.3 is 24.6 Å². The van der Waals surface area contributed by atoms with Crippen molar-refractivity contribution in [1.29, 1.82) is 0 Å². The normalized spacial score (nSPS) is 10.2. The topological polar surface area (TPSA) is 94.1 Å². The Labute approximate surface area is 162 Å². The Morgan fingerprint density at radius 3 is 2.54 bits per heavy atom. The van der Waals surface area contributed by atoms with E-state index < -0.39 is 11.9 Å². The number of aromatic carboxylic acids is 1. The molecule has 7 heteroatoms. The van der Waals surface area contributed by atoms with Crippen LogP contribution < -0.4 is 19.5 Å². The fraction of sp³-hybridized carbons (Fsp3) is 0.143. The maximum absolute atomic E-state index is 12.2. The molecule has 0 heterocycles. The van der Waals surface area contributed by atoms with Crippen LogP contribution in [0.15, 0.2) is 42.5 Å². The summed E-state index contributed by atoms with van der Waals surface area (Å²) < 4.78 is 16.1. The summed E-state index contributed by atoms with van der Waals surface area (Å²) in [5.41, 5.74) is 0.726. The molecule has 28 heavy (non-hydrogen) atoms. The van der Waals surface area contributed by atoms with Crippen LogP contribution in [0.25, 0.3) is 6.08 Å². The van der Waals surface area contributed by atoms with Crippen LogP contribution in [0.4, 0.5) is 5.69 Å². The minimum Gasteiger partial charge on any atom is -0.493 e. The van der Waals surface area contributed by atoms with Gasteiger partial charge in [0.25, 0.3) is 0 Å². The van der Waals surface area contributed by atoms with Crippen molar-refractivity contribution in [1.82, 2.24) is 0 Å². The summed E-state index contributed by atoms with van der Waals surface area (Å²) >= 11 is 0. The lowest BCUT2D eigenvalue weighted by molar-refractivity contribution is -0.111. The van der Waals surface area contributed by atoms with Gasteiger partial charge >= 0.3 is 5.97 Å². The highest BCUT2D eigenvalue weighted by Gasteiger charge is 2.16. The number of ether oxygens (including phenoxy) is 3. The van der Waals surface area contributed by atoms with E-state index in [1.807, 2.05) is 0 Å². The summed E-state index contributed by atoms with van der Waals surface area (Å²) in [5.74, 6) is 1.85. The number of methoxy groups -OCH3 is 2. The Hall–Kier alpha value is -3.92. The van der Waals surface area contributed by atoms with Crippen molar-refractivity contribution in [3.63, 3.8) is 0 Å². The Morgan fingerprint density at radius 1 is 1.14 bits per heavy atom. The molecule has 0 unspecified atom stereocenters. The first kappa shape index (κ1) is 20.4. The van der Waals surface area contributed by atoms with E-state index in [1.165, 1.54) is 38.5 Å². The molecule has 2 rings (SSSR count). The Balaban J connectivity index is 2.29. The number of nitrogens with one attached hydrogen (secondary N) is 1. The fourth-order valence-electron chi connectivity index (χ4n) is 2.43. The first-order chi connectivity index (χ1) is 13.5. The van der Waals surface area contributed by atoms with Gasteiger partial charge in [0.05, 0.1) is 25.5 Å². The number of carboxylic acids is 1. The van der Waals surface area contributed by atoms with Gasteiger partial charge in [-0.3, -0.25) is 4.79 Å². The van der Waals surface area contributed by atoms with Crippen molar-refractivity contribution in [3.05, 3.63) is 53.6 Å². The third-order valence-electron chi connectivity index (χ3n) is 3.66. The summed E-state index contributed by atoms with van der Waals surface area (Å²) in [6.07, 6.45) is 8.02. The van der Waals surface area contributed by atoms with Crippen LogP contribution in [0.3, 0.4) is 0 Å². The predicted molar refractivity (Wildman–Crippen MR) is 105 cm³/mol. The van der Waals surface area contributed by atoms with Gasteiger partial charge in [0.15, 0.2) is 11.5 Å². The molecule has 1 amide bonds. The highest BCUT2D eigenvalue weighted by atomic mass is 16.5. The summed E-state index contributed by atoms with van der Waals surface area (Å²) in [4.78, 5) is 23.5. The van der Waals surface area contributed by atoms with Gasteiger partial charge in [-0.15, -0.1) is 6.42 Å². The van der Waals surface area contributed by atoms with Crippen LogP contribution in [0.1, 0.15) is 15.9 Å². The smallest absolute Gasteiger partial charge is 0.337 e. The SMILES string of the molecule is C#CCOc1c(C=CC(=O)Nc2ccccc2C(=O)O)ccc(OC)c1OC. The van der Waals surface area contributed by atoms with E-state index in [0.29, 0.717) is 22.8 Å². The van der Waals surface area contributed by atoms with Crippen molar-refractivity contribution in [3.8, 4) is 29.6 Å². The molecule has 144 valence electrons. The minimum absolute atomic E-state index is 0.00253. The van der Waals surface area contributed by atoms with Gasteiger partial charge in [-0.1, -0.05) is 18.1 Å². The highest BCUT2D eigenvalue weighted by molar-refractivity contribution is 6.06. The molecule has 0 aliphatic carbocycles. The summed E-state index contributed by atoms with van der Waals surface area (Å²) in [7, 11) is 2.95. The van der Waals surface area contributed by atoms with E-state index in [0.717, 1.165) is 0 Å². The van der Waals surface area contributed by atoms with Crippen molar-refractivity contribution in [2.75, 3.05) is 26.1 Å². The van der Waals surface area contributed by atoms with Gasteiger partial charge in [-0.05, 0) is 30.3 Å². The number of para-hydroxylation sites is 1. The van der Waals surface area contributed by atoms with Gasteiger partial charge in [0.1, 0.15) is 6.61 Å². The first-order valence-corrected chi connectivity index (χ1v) is 8.14. The third kappa shape index (κ3) is 4.83. The van der Waals surface area contributed by atoms with Crippen LogP contribution in [-0.2, 0) is 4.79 Å². The molecule has 0 fully saturated rings. The second-order valence-corrected chi connectivity index (χ2v) is 5.39. The lowest BCUT2D eigenvalue weighted by atomic mass is 10.1. The number of anilines is 1. The molecular formula is C21H19NO6. The maximum Gasteiger partial charge on any atom is 0.337 e. The van der Waals surface area contributed by atoms with Crippen molar-refractivity contribution >= 4 is 23.6 Å². The van der Waals surface area contributed by atoms with Crippen LogP contribution in [0.2, 0.25) is 0 Å². The average Bonchev–Trinajstić information content (AvgIpc) is 2.70. The van der Waals surface area contributed by atoms with Crippen LogP contribution in [0, 0.1) is 12.3 Å². The van der Waals surface area contributed by atoms with Crippen LogP contribution in [0.5, 0.6) is 17.2 Å². The quantitative estimate of drug-likeness (QED) is 0.539. The number of rotatable bonds is 8. The molecule has 0 aliphatic rings. The van der Waals surface area contributed by atoms with Gasteiger partial charge in [0, 0.05) is 11.6 Å². The molecule has 0 radical (unpaired) electrons. The molecule has 0 saturated carbocycles. The summed E-state index contributed by atoms with van der Waals surface area (Å²) in [6, 6.07) is 9.47. The Bertz CT molecular complexity index is 942. The zero-order valence-corrected chi connectivity index (χ0v) is 15.4. The van der Waals surface area contributed by atoms with E-state index in [9.17, 15) is 14.7 Å².